The van der Waals surface area contributed by atoms with Crippen LogP contribution in [0.3, 0.4) is 0 Å². The van der Waals surface area contributed by atoms with Crippen molar-refractivity contribution in [2.75, 3.05) is 0 Å². The molecule has 0 atom stereocenters. The van der Waals surface area contributed by atoms with Crippen molar-refractivity contribution in [2.45, 2.75) is 52.9 Å². The number of Topliss-reactive ketones (excluding diaryl/α,β-unsaturated/α-hetero) is 1. The second-order valence-corrected chi connectivity index (χ2v) is 5.80. The van der Waals surface area contributed by atoms with Crippen molar-refractivity contribution >= 4 is 5.78 Å². The summed E-state index contributed by atoms with van der Waals surface area (Å²) in [6.07, 6.45) is 0. The van der Waals surface area contributed by atoms with E-state index in [9.17, 15) is 4.79 Å². The van der Waals surface area contributed by atoms with Gasteiger partial charge in [0.15, 0.2) is 5.78 Å². The van der Waals surface area contributed by atoms with Crippen LogP contribution in [0.2, 0.25) is 0 Å². The van der Waals surface area contributed by atoms with Crippen LogP contribution in [0, 0.1) is 0 Å². The highest BCUT2D eigenvalue weighted by atomic mass is 16.1. The lowest BCUT2D eigenvalue weighted by Crippen LogP contribution is -2.13. The fourth-order valence-electron chi connectivity index (χ4n) is 1.62. The molecule has 0 saturated carbocycles. The van der Waals surface area contributed by atoms with E-state index in [0.717, 1.165) is 5.56 Å². The Morgan fingerprint density at radius 2 is 1.69 bits per heavy atom. The number of hydrogen-bond acceptors (Lipinski definition) is 1. The van der Waals surface area contributed by atoms with Gasteiger partial charge in [0.1, 0.15) is 0 Å². The van der Waals surface area contributed by atoms with E-state index in [-0.39, 0.29) is 11.2 Å². The van der Waals surface area contributed by atoms with Crippen molar-refractivity contribution in [1.82, 2.24) is 0 Å². The maximum absolute atomic E-state index is 11.5. The molecule has 16 heavy (non-hydrogen) atoms. The van der Waals surface area contributed by atoms with Crippen LogP contribution < -0.4 is 0 Å². The third-order valence-electron chi connectivity index (χ3n) is 2.89. The topological polar surface area (TPSA) is 17.1 Å². The van der Waals surface area contributed by atoms with E-state index in [1.807, 2.05) is 12.1 Å². The minimum atomic E-state index is 0.0924. The number of hydrogen-bond donors (Lipinski definition) is 0. The first-order valence-corrected chi connectivity index (χ1v) is 5.88. The van der Waals surface area contributed by atoms with Gasteiger partial charge in [-0.05, 0) is 41.5 Å². The van der Waals surface area contributed by atoms with Crippen molar-refractivity contribution in [2.24, 2.45) is 0 Å². The van der Waals surface area contributed by atoms with Gasteiger partial charge in [-0.3, -0.25) is 4.79 Å². The van der Waals surface area contributed by atoms with Crippen molar-refractivity contribution in [3.63, 3.8) is 0 Å². The Morgan fingerprint density at radius 3 is 2.06 bits per heavy atom. The number of rotatable bonds is 2. The summed E-state index contributed by atoms with van der Waals surface area (Å²) < 4.78 is 0. The van der Waals surface area contributed by atoms with Gasteiger partial charge in [0.05, 0.1) is 0 Å². The maximum Gasteiger partial charge on any atom is 0.159 e. The number of carbonyl (C=O) groups is 1. The van der Waals surface area contributed by atoms with Gasteiger partial charge in [0.2, 0.25) is 0 Å². The molecule has 0 aliphatic carbocycles. The lowest BCUT2D eigenvalue weighted by molar-refractivity contribution is 0.101. The largest absolute Gasteiger partial charge is 0.295 e. The fraction of sp³-hybridized carbons (Fsp3) is 0.533. The molecular formula is C15H22O. The number of carbonyl (C=O) groups excluding carboxylic acids is 1. The Labute approximate surface area is 98.9 Å². The van der Waals surface area contributed by atoms with E-state index in [4.69, 9.17) is 0 Å². The minimum Gasteiger partial charge on any atom is -0.295 e. The standard InChI is InChI=1S/C15H22O/c1-10(2)12-7-13(11(3)16)9-14(8-12)15(4,5)6/h7-10H,1-6H3. The highest BCUT2D eigenvalue weighted by Gasteiger charge is 2.17. The smallest absolute Gasteiger partial charge is 0.159 e. The molecule has 88 valence electrons. The molecule has 0 unspecified atom stereocenters. The van der Waals surface area contributed by atoms with Crippen LogP contribution in [0.4, 0.5) is 0 Å². The predicted molar refractivity (Wildman–Crippen MR) is 69.2 cm³/mol. The molecule has 0 aliphatic rings. The minimum absolute atomic E-state index is 0.0924. The average molecular weight is 218 g/mol. The molecule has 0 aromatic heterocycles. The Hall–Kier alpha value is -1.11. The second-order valence-electron chi connectivity index (χ2n) is 5.80. The zero-order chi connectivity index (χ0) is 12.5. The molecule has 1 aromatic rings. The van der Waals surface area contributed by atoms with Crippen molar-refractivity contribution in [1.29, 1.82) is 0 Å². The summed E-state index contributed by atoms with van der Waals surface area (Å²) in [6.45, 7) is 12.5. The SMILES string of the molecule is CC(=O)c1cc(C(C)C)cc(C(C)(C)C)c1. The quantitative estimate of drug-likeness (QED) is 0.676. The summed E-state index contributed by atoms with van der Waals surface area (Å²) in [5.74, 6) is 0.605. The Bertz CT molecular complexity index is 394. The van der Waals surface area contributed by atoms with Crippen molar-refractivity contribution < 1.29 is 4.79 Å². The summed E-state index contributed by atoms with van der Waals surface area (Å²) in [5.41, 5.74) is 3.41. The summed E-state index contributed by atoms with van der Waals surface area (Å²) in [4.78, 5) is 11.5. The molecule has 1 nitrogen and oxygen atoms in total. The molecule has 0 amide bonds. The summed E-state index contributed by atoms with van der Waals surface area (Å²) in [6, 6.07) is 6.26. The van der Waals surface area contributed by atoms with Gasteiger partial charge in [-0.15, -0.1) is 0 Å². The van der Waals surface area contributed by atoms with Gasteiger partial charge in [0.25, 0.3) is 0 Å². The van der Waals surface area contributed by atoms with Gasteiger partial charge in [-0.2, -0.15) is 0 Å². The van der Waals surface area contributed by atoms with E-state index in [0.29, 0.717) is 5.92 Å². The van der Waals surface area contributed by atoms with Crippen molar-refractivity contribution in [3.8, 4) is 0 Å². The lowest BCUT2D eigenvalue weighted by Gasteiger charge is -2.21. The van der Waals surface area contributed by atoms with Crippen LogP contribution in [0.5, 0.6) is 0 Å². The summed E-state index contributed by atoms with van der Waals surface area (Å²) in [5, 5.41) is 0. The average Bonchev–Trinajstić information content (AvgIpc) is 2.15. The van der Waals surface area contributed by atoms with E-state index in [2.05, 4.69) is 40.7 Å². The van der Waals surface area contributed by atoms with Crippen molar-refractivity contribution in [3.05, 3.63) is 34.9 Å². The van der Waals surface area contributed by atoms with Gasteiger partial charge >= 0.3 is 0 Å². The molecule has 1 aromatic carbocycles. The van der Waals surface area contributed by atoms with Crippen LogP contribution in [0.15, 0.2) is 18.2 Å². The molecule has 1 heteroatoms. The van der Waals surface area contributed by atoms with E-state index < -0.39 is 0 Å². The van der Waals surface area contributed by atoms with Gasteiger partial charge < -0.3 is 0 Å². The van der Waals surface area contributed by atoms with Gasteiger partial charge in [0, 0.05) is 5.56 Å². The monoisotopic (exact) mass is 218 g/mol. The fourth-order valence-corrected chi connectivity index (χ4v) is 1.62. The zero-order valence-electron chi connectivity index (χ0n) is 11.2. The Kier molecular flexibility index (Phi) is 3.57. The molecule has 0 radical (unpaired) electrons. The number of benzene rings is 1. The van der Waals surface area contributed by atoms with Gasteiger partial charge in [-0.25, -0.2) is 0 Å². The van der Waals surface area contributed by atoms with Crippen LogP contribution >= 0.6 is 0 Å². The molecule has 1 rings (SSSR count). The molecule has 0 heterocycles. The number of ketones is 1. The highest BCUT2D eigenvalue weighted by molar-refractivity contribution is 5.94. The van der Waals surface area contributed by atoms with Crippen LogP contribution in [0.25, 0.3) is 0 Å². The zero-order valence-corrected chi connectivity index (χ0v) is 11.2. The normalized spacial score (nSPS) is 11.9. The van der Waals surface area contributed by atoms with E-state index in [1.165, 1.54) is 11.1 Å². The third-order valence-corrected chi connectivity index (χ3v) is 2.89. The second kappa shape index (κ2) is 4.40. The van der Waals surface area contributed by atoms with E-state index >= 15 is 0 Å². The molecule has 0 fully saturated rings. The molecule has 0 bridgehead atoms. The molecular weight excluding hydrogens is 196 g/mol. The summed E-state index contributed by atoms with van der Waals surface area (Å²) >= 11 is 0. The van der Waals surface area contributed by atoms with Crippen LogP contribution in [-0.2, 0) is 5.41 Å². The Balaban J connectivity index is 3.36. The lowest BCUT2D eigenvalue weighted by atomic mass is 9.83. The predicted octanol–water partition coefficient (Wildman–Crippen LogP) is 4.31. The first kappa shape index (κ1) is 13.0. The first-order valence-electron chi connectivity index (χ1n) is 5.88. The van der Waals surface area contributed by atoms with Crippen LogP contribution in [0.1, 0.15) is 68.9 Å². The Morgan fingerprint density at radius 1 is 1.12 bits per heavy atom. The maximum atomic E-state index is 11.5. The first-order chi connectivity index (χ1) is 7.21. The summed E-state index contributed by atoms with van der Waals surface area (Å²) in [7, 11) is 0. The van der Waals surface area contributed by atoms with Crippen LogP contribution in [-0.4, -0.2) is 5.78 Å². The van der Waals surface area contributed by atoms with Gasteiger partial charge in [-0.1, -0.05) is 40.7 Å². The van der Waals surface area contributed by atoms with E-state index in [1.54, 1.807) is 6.92 Å². The highest BCUT2D eigenvalue weighted by Crippen LogP contribution is 2.27. The third kappa shape index (κ3) is 2.94. The molecule has 0 N–H and O–H groups in total. The molecule has 0 aliphatic heterocycles. The molecule has 0 saturated heterocycles. The molecule has 0 spiro atoms.